The molecule has 0 fully saturated rings. The Morgan fingerprint density at radius 2 is 1.74 bits per heavy atom. The van der Waals surface area contributed by atoms with Gasteiger partial charge in [0.25, 0.3) is 0 Å². The average molecular weight is 316 g/mol. The van der Waals surface area contributed by atoms with Gasteiger partial charge in [-0.25, -0.2) is 0 Å². The molecule has 0 aliphatic heterocycles. The maximum absolute atomic E-state index is 5.32. The Balaban J connectivity index is 1.89. The quantitative estimate of drug-likeness (QED) is 0.840. The zero-order chi connectivity index (χ0) is 13.5. The lowest BCUT2D eigenvalue weighted by Gasteiger charge is -2.08. The Kier molecular flexibility index (Phi) is 4.88. The third kappa shape index (κ3) is 4.35. The number of benzene rings is 2. The Morgan fingerprint density at radius 1 is 1.05 bits per heavy atom. The smallest absolute Gasteiger partial charge is 0.148 e. The predicted molar refractivity (Wildman–Crippen MR) is 82.2 cm³/mol. The van der Waals surface area contributed by atoms with Crippen LogP contribution in [0.1, 0.15) is 5.56 Å². The van der Waals surface area contributed by atoms with Gasteiger partial charge in [-0.1, -0.05) is 34.0 Å². The van der Waals surface area contributed by atoms with Crippen molar-refractivity contribution in [2.75, 3.05) is 11.9 Å². The first-order valence-electron chi connectivity index (χ1n) is 5.92. The summed E-state index contributed by atoms with van der Waals surface area (Å²) in [5.41, 5.74) is 2.28. The molecule has 0 amide bonds. The van der Waals surface area contributed by atoms with Gasteiger partial charge in [0.2, 0.25) is 0 Å². The minimum atomic E-state index is 0.302. The van der Waals surface area contributed by atoms with Crippen LogP contribution in [0.5, 0.6) is 5.75 Å². The van der Waals surface area contributed by atoms with Crippen LogP contribution >= 0.6 is 15.9 Å². The molecule has 0 spiro atoms. The number of rotatable bonds is 5. The molecule has 0 atom stereocenters. The largest absolute Gasteiger partial charge is 0.481 e. The molecule has 0 saturated heterocycles. The van der Waals surface area contributed by atoms with E-state index in [0.717, 1.165) is 22.5 Å². The summed E-state index contributed by atoms with van der Waals surface area (Å²) in [5.74, 6) is 3.24. The molecule has 0 radical (unpaired) electrons. The summed E-state index contributed by atoms with van der Waals surface area (Å²) in [7, 11) is 0. The fourth-order valence-corrected chi connectivity index (χ4v) is 1.86. The van der Waals surface area contributed by atoms with E-state index in [1.807, 2.05) is 48.5 Å². The molecule has 0 aliphatic rings. The van der Waals surface area contributed by atoms with E-state index in [4.69, 9.17) is 11.2 Å². The normalized spacial score (nSPS) is 9.68. The van der Waals surface area contributed by atoms with Crippen molar-refractivity contribution in [3.8, 4) is 18.1 Å². The second kappa shape index (κ2) is 6.86. The van der Waals surface area contributed by atoms with Gasteiger partial charge in [0.1, 0.15) is 12.4 Å². The molecule has 96 valence electrons. The third-order valence-corrected chi connectivity index (χ3v) is 3.12. The first-order chi connectivity index (χ1) is 9.28. The maximum Gasteiger partial charge on any atom is 0.148 e. The number of anilines is 1. The fourth-order valence-electron chi connectivity index (χ4n) is 1.60. The molecule has 2 aromatic carbocycles. The van der Waals surface area contributed by atoms with E-state index >= 15 is 0 Å². The summed E-state index contributed by atoms with van der Waals surface area (Å²) in [6.07, 6.45) is 5.14. The Morgan fingerprint density at radius 3 is 2.37 bits per heavy atom. The average Bonchev–Trinajstić information content (AvgIpc) is 2.46. The van der Waals surface area contributed by atoms with Gasteiger partial charge >= 0.3 is 0 Å². The first kappa shape index (κ1) is 13.5. The number of hydrogen-bond donors (Lipinski definition) is 1. The molecule has 0 saturated carbocycles. The van der Waals surface area contributed by atoms with Crippen LogP contribution < -0.4 is 10.1 Å². The highest BCUT2D eigenvalue weighted by molar-refractivity contribution is 9.10. The standard InChI is InChI=1S/C16H14BrNO/c1-2-11-19-16-9-3-13(4-10-16)12-18-15-7-5-14(17)6-8-15/h1,3-10,18H,11-12H2. The van der Waals surface area contributed by atoms with Crippen molar-refractivity contribution in [2.24, 2.45) is 0 Å². The van der Waals surface area contributed by atoms with Crippen LogP contribution in [0.25, 0.3) is 0 Å². The zero-order valence-electron chi connectivity index (χ0n) is 10.4. The topological polar surface area (TPSA) is 21.3 Å². The molecular formula is C16H14BrNO. The second-order valence-corrected chi connectivity index (χ2v) is 4.91. The fraction of sp³-hybridized carbons (Fsp3) is 0.125. The minimum absolute atomic E-state index is 0.302. The van der Waals surface area contributed by atoms with E-state index in [2.05, 4.69) is 27.2 Å². The molecule has 2 nitrogen and oxygen atoms in total. The van der Waals surface area contributed by atoms with Crippen molar-refractivity contribution in [3.05, 3.63) is 58.6 Å². The molecule has 0 aromatic heterocycles. The van der Waals surface area contributed by atoms with Gasteiger partial charge < -0.3 is 10.1 Å². The molecule has 19 heavy (non-hydrogen) atoms. The number of hydrogen-bond acceptors (Lipinski definition) is 2. The molecule has 0 heterocycles. The van der Waals surface area contributed by atoms with Gasteiger partial charge in [-0.15, -0.1) is 6.42 Å². The molecule has 3 heteroatoms. The predicted octanol–water partition coefficient (Wildman–Crippen LogP) is 4.07. The summed E-state index contributed by atoms with van der Waals surface area (Å²) in [4.78, 5) is 0. The van der Waals surface area contributed by atoms with Crippen LogP contribution in [0.2, 0.25) is 0 Å². The summed E-state index contributed by atoms with van der Waals surface area (Å²) >= 11 is 3.41. The van der Waals surface area contributed by atoms with Crippen LogP contribution in [-0.4, -0.2) is 6.61 Å². The summed E-state index contributed by atoms with van der Waals surface area (Å²) in [5, 5.41) is 3.36. The van der Waals surface area contributed by atoms with E-state index in [1.165, 1.54) is 5.56 Å². The Hall–Kier alpha value is -1.92. The highest BCUT2D eigenvalue weighted by atomic mass is 79.9. The number of nitrogens with one attached hydrogen (secondary N) is 1. The van der Waals surface area contributed by atoms with Crippen molar-refractivity contribution < 1.29 is 4.74 Å². The first-order valence-corrected chi connectivity index (χ1v) is 6.72. The van der Waals surface area contributed by atoms with Gasteiger partial charge in [0.05, 0.1) is 0 Å². The lowest BCUT2D eigenvalue weighted by molar-refractivity contribution is 0.370. The Labute approximate surface area is 121 Å². The van der Waals surface area contributed by atoms with E-state index < -0.39 is 0 Å². The lowest BCUT2D eigenvalue weighted by atomic mass is 10.2. The van der Waals surface area contributed by atoms with Crippen molar-refractivity contribution in [3.63, 3.8) is 0 Å². The molecular weight excluding hydrogens is 302 g/mol. The van der Waals surface area contributed by atoms with Crippen LogP contribution in [0.15, 0.2) is 53.0 Å². The van der Waals surface area contributed by atoms with Crippen molar-refractivity contribution >= 4 is 21.6 Å². The monoisotopic (exact) mass is 315 g/mol. The summed E-state index contributed by atoms with van der Waals surface area (Å²) in [6.45, 7) is 1.08. The number of halogens is 1. The molecule has 2 rings (SSSR count). The third-order valence-electron chi connectivity index (χ3n) is 2.59. The van der Waals surface area contributed by atoms with Gasteiger partial charge in [-0.05, 0) is 42.0 Å². The molecule has 0 aliphatic carbocycles. The van der Waals surface area contributed by atoms with Crippen molar-refractivity contribution in [1.82, 2.24) is 0 Å². The van der Waals surface area contributed by atoms with Crippen LogP contribution in [0.4, 0.5) is 5.69 Å². The van der Waals surface area contributed by atoms with Crippen molar-refractivity contribution in [2.45, 2.75) is 6.54 Å². The van der Waals surface area contributed by atoms with Gasteiger partial charge in [0, 0.05) is 16.7 Å². The SMILES string of the molecule is C#CCOc1ccc(CNc2ccc(Br)cc2)cc1. The van der Waals surface area contributed by atoms with Gasteiger partial charge in [-0.2, -0.15) is 0 Å². The van der Waals surface area contributed by atoms with Crippen LogP contribution in [-0.2, 0) is 6.54 Å². The van der Waals surface area contributed by atoms with E-state index in [-0.39, 0.29) is 0 Å². The molecule has 2 aromatic rings. The highest BCUT2D eigenvalue weighted by Gasteiger charge is 1.96. The molecule has 0 bridgehead atoms. The Bertz CT molecular complexity index is 555. The van der Waals surface area contributed by atoms with Gasteiger partial charge in [0.15, 0.2) is 0 Å². The second-order valence-electron chi connectivity index (χ2n) is 4.00. The van der Waals surface area contributed by atoms with Gasteiger partial charge in [-0.3, -0.25) is 0 Å². The lowest BCUT2D eigenvalue weighted by Crippen LogP contribution is -1.99. The van der Waals surface area contributed by atoms with Crippen LogP contribution in [0, 0.1) is 12.3 Å². The van der Waals surface area contributed by atoms with E-state index in [9.17, 15) is 0 Å². The zero-order valence-corrected chi connectivity index (χ0v) is 12.0. The highest BCUT2D eigenvalue weighted by Crippen LogP contribution is 2.16. The minimum Gasteiger partial charge on any atom is -0.481 e. The summed E-state index contributed by atoms with van der Waals surface area (Å²) < 4.78 is 6.40. The number of ether oxygens (including phenoxy) is 1. The molecule has 1 N–H and O–H groups in total. The van der Waals surface area contributed by atoms with Crippen molar-refractivity contribution in [1.29, 1.82) is 0 Å². The summed E-state index contributed by atoms with van der Waals surface area (Å²) in [6, 6.07) is 16.0. The molecule has 0 unspecified atom stereocenters. The van der Waals surface area contributed by atoms with Crippen LogP contribution in [0.3, 0.4) is 0 Å². The number of terminal acetylenes is 1. The van der Waals surface area contributed by atoms with E-state index in [0.29, 0.717) is 6.61 Å². The van der Waals surface area contributed by atoms with E-state index in [1.54, 1.807) is 0 Å². The maximum atomic E-state index is 5.32.